The van der Waals surface area contributed by atoms with Crippen molar-refractivity contribution in [3.63, 3.8) is 0 Å². The highest BCUT2D eigenvalue weighted by molar-refractivity contribution is 6.20. The summed E-state index contributed by atoms with van der Waals surface area (Å²) in [7, 11) is 0. The third-order valence-electron chi connectivity index (χ3n) is 4.49. The minimum absolute atomic E-state index is 0.0318. The molecule has 0 unspecified atom stereocenters. The fourth-order valence-corrected chi connectivity index (χ4v) is 3.00. The average molecular weight is 292 g/mol. The van der Waals surface area contributed by atoms with E-state index in [2.05, 4.69) is 65.8 Å². The molecule has 0 spiro atoms. The van der Waals surface area contributed by atoms with Gasteiger partial charge in [-0.2, -0.15) is 0 Å². The number of benzene rings is 2. The maximum absolute atomic E-state index is 12.3. The Hall–Kier alpha value is -1.89. The molecule has 0 saturated carbocycles. The van der Waals surface area contributed by atoms with Crippen LogP contribution in [0.15, 0.2) is 30.3 Å². The van der Waals surface area contributed by atoms with Gasteiger partial charge in [0.1, 0.15) is 0 Å². The second-order valence-corrected chi connectivity index (χ2v) is 8.38. The van der Waals surface area contributed by atoms with Crippen LogP contribution in [0.1, 0.15) is 68.6 Å². The monoisotopic (exact) mass is 292 g/mol. The van der Waals surface area contributed by atoms with Crippen molar-refractivity contribution in [2.45, 2.75) is 52.4 Å². The molecule has 1 aliphatic rings. The zero-order valence-electron chi connectivity index (χ0n) is 14.4. The molecule has 1 nitrogen and oxygen atoms in total. The van der Waals surface area contributed by atoms with Gasteiger partial charge in [0.2, 0.25) is 0 Å². The van der Waals surface area contributed by atoms with Crippen LogP contribution in [0, 0.1) is 0 Å². The molecule has 0 aliphatic heterocycles. The molecular weight excluding hydrogens is 268 g/mol. The van der Waals surface area contributed by atoms with E-state index in [0.29, 0.717) is 0 Å². The lowest BCUT2D eigenvalue weighted by molar-refractivity contribution is 0.104. The summed E-state index contributed by atoms with van der Waals surface area (Å²) in [6, 6.07) is 8.81. The molecular formula is C21H24O. The highest BCUT2D eigenvalue weighted by Gasteiger charge is 2.23. The summed E-state index contributed by atoms with van der Waals surface area (Å²) in [4.78, 5) is 12.3. The van der Waals surface area contributed by atoms with E-state index >= 15 is 0 Å². The Morgan fingerprint density at radius 2 is 1.27 bits per heavy atom. The fraction of sp³-hybridized carbons (Fsp3) is 0.381. The van der Waals surface area contributed by atoms with Crippen molar-refractivity contribution in [2.24, 2.45) is 0 Å². The molecule has 0 fully saturated rings. The summed E-state index contributed by atoms with van der Waals surface area (Å²) in [5.74, 6) is 0.118. The Bertz CT molecular complexity index is 803. The number of rotatable bonds is 0. The molecule has 0 heterocycles. The highest BCUT2D eigenvalue weighted by Crippen LogP contribution is 2.37. The molecule has 0 saturated heterocycles. The molecule has 0 radical (unpaired) electrons. The standard InChI is InChI=1S/C21H24O/c1-20(2,3)15-9-13-7-8-18(22)17-12-16(21(4,5)6)11-14(10-15)19(13)17/h7-12H,1-6H3. The molecule has 0 aromatic heterocycles. The normalized spacial score (nSPS) is 14.7. The van der Waals surface area contributed by atoms with Crippen LogP contribution in [0.3, 0.4) is 0 Å². The summed E-state index contributed by atoms with van der Waals surface area (Å²) in [5.41, 5.74) is 4.67. The van der Waals surface area contributed by atoms with Gasteiger partial charge in [0.25, 0.3) is 0 Å². The van der Waals surface area contributed by atoms with Gasteiger partial charge in [-0.05, 0) is 45.0 Å². The van der Waals surface area contributed by atoms with E-state index in [1.807, 2.05) is 6.08 Å². The number of carbonyl (C=O) groups excluding carboxylic acids is 1. The Balaban J connectivity index is 2.42. The number of ketones is 1. The average Bonchev–Trinajstić information content (AvgIpc) is 2.40. The van der Waals surface area contributed by atoms with E-state index in [9.17, 15) is 4.79 Å². The molecule has 1 heteroatoms. The van der Waals surface area contributed by atoms with Gasteiger partial charge in [0.15, 0.2) is 5.78 Å². The Morgan fingerprint density at radius 3 is 1.82 bits per heavy atom. The molecule has 0 atom stereocenters. The van der Waals surface area contributed by atoms with E-state index in [4.69, 9.17) is 0 Å². The van der Waals surface area contributed by atoms with Gasteiger partial charge in [0, 0.05) is 10.9 Å². The number of carbonyl (C=O) groups is 1. The van der Waals surface area contributed by atoms with Crippen LogP contribution in [-0.2, 0) is 10.8 Å². The number of allylic oxidation sites excluding steroid dienone is 1. The molecule has 1 aliphatic carbocycles. The van der Waals surface area contributed by atoms with Crippen LogP contribution >= 0.6 is 0 Å². The van der Waals surface area contributed by atoms with Crippen LogP contribution in [0.4, 0.5) is 0 Å². The smallest absolute Gasteiger partial charge is 0.186 e. The number of hydrogen-bond donors (Lipinski definition) is 0. The van der Waals surface area contributed by atoms with Crippen molar-refractivity contribution >= 4 is 22.6 Å². The topological polar surface area (TPSA) is 17.1 Å². The van der Waals surface area contributed by atoms with Crippen LogP contribution in [-0.4, -0.2) is 5.78 Å². The first-order valence-electron chi connectivity index (χ1n) is 7.92. The van der Waals surface area contributed by atoms with Gasteiger partial charge in [0.05, 0.1) is 0 Å². The molecule has 2 aromatic carbocycles. The molecule has 0 bridgehead atoms. The van der Waals surface area contributed by atoms with Crippen LogP contribution in [0.2, 0.25) is 0 Å². The third kappa shape index (κ3) is 2.39. The Labute approximate surface area is 133 Å². The van der Waals surface area contributed by atoms with E-state index in [1.165, 1.54) is 16.5 Å². The summed E-state index contributed by atoms with van der Waals surface area (Å²) in [5, 5.41) is 2.29. The summed E-state index contributed by atoms with van der Waals surface area (Å²) < 4.78 is 0. The zero-order valence-corrected chi connectivity index (χ0v) is 14.4. The van der Waals surface area contributed by atoms with Crippen molar-refractivity contribution in [1.29, 1.82) is 0 Å². The van der Waals surface area contributed by atoms with Crippen LogP contribution in [0.5, 0.6) is 0 Å². The van der Waals surface area contributed by atoms with Gasteiger partial charge < -0.3 is 0 Å². The first-order chi connectivity index (χ1) is 10.1. The molecule has 3 rings (SSSR count). The Morgan fingerprint density at radius 1 is 0.727 bits per heavy atom. The van der Waals surface area contributed by atoms with Crippen LogP contribution in [0.25, 0.3) is 16.8 Å². The first-order valence-corrected chi connectivity index (χ1v) is 7.92. The quantitative estimate of drug-likeness (QED) is 0.613. The second-order valence-electron chi connectivity index (χ2n) is 8.38. The lowest BCUT2D eigenvalue weighted by Crippen LogP contribution is -2.15. The van der Waals surface area contributed by atoms with Crippen molar-refractivity contribution < 1.29 is 4.79 Å². The van der Waals surface area contributed by atoms with E-state index in [-0.39, 0.29) is 16.6 Å². The van der Waals surface area contributed by atoms with Gasteiger partial charge in [-0.3, -0.25) is 4.79 Å². The lowest BCUT2D eigenvalue weighted by Gasteiger charge is -2.25. The van der Waals surface area contributed by atoms with Crippen molar-refractivity contribution in [3.8, 4) is 0 Å². The minimum Gasteiger partial charge on any atom is -0.289 e. The summed E-state index contributed by atoms with van der Waals surface area (Å²) in [6.07, 6.45) is 3.67. The SMILES string of the molecule is CC(C)(C)c1cc2c3c(cc(C(C)(C)C)cc3c1)C(=O)C=C2. The molecule has 22 heavy (non-hydrogen) atoms. The lowest BCUT2D eigenvalue weighted by atomic mass is 9.79. The minimum atomic E-state index is 0.0318. The van der Waals surface area contributed by atoms with Gasteiger partial charge in [-0.1, -0.05) is 65.8 Å². The largest absolute Gasteiger partial charge is 0.289 e. The van der Waals surface area contributed by atoms with Crippen LogP contribution < -0.4 is 0 Å². The molecule has 0 N–H and O–H groups in total. The maximum Gasteiger partial charge on any atom is 0.186 e. The summed E-state index contributed by atoms with van der Waals surface area (Å²) >= 11 is 0. The highest BCUT2D eigenvalue weighted by atomic mass is 16.1. The van der Waals surface area contributed by atoms with Gasteiger partial charge in [-0.25, -0.2) is 0 Å². The van der Waals surface area contributed by atoms with Crippen molar-refractivity contribution in [1.82, 2.24) is 0 Å². The fourth-order valence-electron chi connectivity index (χ4n) is 3.00. The maximum atomic E-state index is 12.3. The second kappa shape index (κ2) is 4.55. The van der Waals surface area contributed by atoms with Crippen molar-refractivity contribution in [3.05, 3.63) is 52.6 Å². The van der Waals surface area contributed by atoms with E-state index in [1.54, 1.807) is 6.08 Å². The number of hydrogen-bond acceptors (Lipinski definition) is 1. The Kier molecular flexibility index (Phi) is 3.11. The van der Waals surface area contributed by atoms with Crippen molar-refractivity contribution in [2.75, 3.05) is 0 Å². The summed E-state index contributed by atoms with van der Waals surface area (Å²) in [6.45, 7) is 13.3. The molecule has 114 valence electrons. The predicted molar refractivity (Wildman–Crippen MR) is 94.7 cm³/mol. The molecule has 0 amide bonds. The first kappa shape index (κ1) is 15.0. The zero-order chi connectivity index (χ0) is 16.3. The third-order valence-corrected chi connectivity index (χ3v) is 4.49. The van der Waals surface area contributed by atoms with E-state index < -0.39 is 0 Å². The van der Waals surface area contributed by atoms with E-state index in [0.717, 1.165) is 16.5 Å². The molecule has 2 aromatic rings. The van der Waals surface area contributed by atoms with Gasteiger partial charge in [-0.15, -0.1) is 0 Å². The van der Waals surface area contributed by atoms with Gasteiger partial charge >= 0.3 is 0 Å². The predicted octanol–water partition coefficient (Wildman–Crippen LogP) is 5.64.